The van der Waals surface area contributed by atoms with E-state index in [1.807, 2.05) is 0 Å². The predicted octanol–water partition coefficient (Wildman–Crippen LogP) is 16.7. The molecule has 0 bridgehead atoms. The Morgan fingerprint density at radius 3 is 0.652 bits per heavy atom. The summed E-state index contributed by atoms with van der Waals surface area (Å²) in [6.07, 6.45) is 21.5. The van der Waals surface area contributed by atoms with Crippen LogP contribution in [0.15, 0.2) is 12.2 Å². The molecule has 0 heterocycles. The Kier molecular flexibility index (Phi) is 48.2. The van der Waals surface area contributed by atoms with Crippen molar-refractivity contribution in [1.29, 1.82) is 0 Å². The first-order valence-electron chi connectivity index (χ1n) is 20.3. The predicted molar refractivity (Wildman–Crippen MR) is 221 cm³/mol. The molecule has 0 heteroatoms. The first kappa shape index (κ1) is 54.7. The van der Waals surface area contributed by atoms with Gasteiger partial charge in [-0.3, -0.25) is 0 Å². The van der Waals surface area contributed by atoms with Crippen LogP contribution in [0.1, 0.15) is 216 Å². The van der Waals surface area contributed by atoms with Crippen molar-refractivity contribution < 1.29 is 0 Å². The van der Waals surface area contributed by atoms with Crippen LogP contribution in [0.2, 0.25) is 0 Å². The summed E-state index contributed by atoms with van der Waals surface area (Å²) >= 11 is 0. The van der Waals surface area contributed by atoms with E-state index >= 15 is 0 Å². The second-order valence-corrected chi connectivity index (χ2v) is 17.7. The van der Waals surface area contributed by atoms with Crippen LogP contribution in [-0.2, 0) is 0 Å². The molecule has 46 heavy (non-hydrogen) atoms. The Balaban J connectivity index is -0.000000153. The molecule has 0 aromatic carbocycles. The SMILES string of the molecule is CC(C)/C=C/C(C)C.CC(C)C#CC(C)C.CC(C)CCCC(C)C.CC(C)CCCCC(C)C.CC(C)CCCCCC(C)C. The molecule has 0 fully saturated rings. The van der Waals surface area contributed by atoms with E-state index in [4.69, 9.17) is 0 Å². The zero-order chi connectivity index (χ0) is 37.1. The second kappa shape index (κ2) is 40.5. The highest BCUT2D eigenvalue weighted by Gasteiger charge is 1.98. The van der Waals surface area contributed by atoms with Crippen molar-refractivity contribution >= 4 is 0 Å². The van der Waals surface area contributed by atoms with Gasteiger partial charge in [0.2, 0.25) is 0 Å². The van der Waals surface area contributed by atoms with E-state index in [1.165, 1.54) is 77.0 Å². The molecule has 0 aliphatic carbocycles. The fourth-order valence-corrected chi connectivity index (χ4v) is 4.10. The summed E-state index contributed by atoms with van der Waals surface area (Å²) in [6, 6.07) is 0. The molecule has 0 aromatic rings. The van der Waals surface area contributed by atoms with Crippen LogP contribution >= 0.6 is 0 Å². The van der Waals surface area contributed by atoms with Crippen LogP contribution < -0.4 is 0 Å². The molecule has 0 aromatic heterocycles. The molecule has 0 N–H and O–H groups in total. The molecule has 0 aliphatic heterocycles. The van der Waals surface area contributed by atoms with Crippen LogP contribution in [0, 0.1) is 71.0 Å². The number of unbranched alkanes of at least 4 members (excludes halogenated alkanes) is 3. The summed E-state index contributed by atoms with van der Waals surface area (Å²) in [5.74, 6) is 14.0. The summed E-state index contributed by atoms with van der Waals surface area (Å²) in [5, 5.41) is 0. The van der Waals surface area contributed by atoms with E-state index < -0.39 is 0 Å². The lowest BCUT2D eigenvalue weighted by molar-refractivity contribution is 0.480. The Labute approximate surface area is 297 Å². The van der Waals surface area contributed by atoms with E-state index in [1.54, 1.807) is 0 Å². The van der Waals surface area contributed by atoms with Crippen molar-refractivity contribution in [2.24, 2.45) is 59.2 Å². The van der Waals surface area contributed by atoms with E-state index in [2.05, 4.69) is 162 Å². The molecule has 0 saturated heterocycles. The van der Waals surface area contributed by atoms with Gasteiger partial charge in [0.05, 0.1) is 0 Å². The van der Waals surface area contributed by atoms with Gasteiger partial charge >= 0.3 is 0 Å². The maximum absolute atomic E-state index is 3.09. The molecule has 0 saturated carbocycles. The van der Waals surface area contributed by atoms with E-state index in [0.717, 1.165) is 35.5 Å². The number of hydrogen-bond donors (Lipinski definition) is 0. The first-order valence-corrected chi connectivity index (χ1v) is 20.3. The van der Waals surface area contributed by atoms with Gasteiger partial charge in [-0.1, -0.05) is 228 Å². The van der Waals surface area contributed by atoms with Crippen molar-refractivity contribution in [3.8, 4) is 11.8 Å². The van der Waals surface area contributed by atoms with Gasteiger partial charge in [-0.15, -0.1) is 11.8 Å². The van der Waals surface area contributed by atoms with Gasteiger partial charge in [0.15, 0.2) is 0 Å². The largest absolute Gasteiger partial charge is 0.100 e. The van der Waals surface area contributed by atoms with Crippen molar-refractivity contribution in [2.45, 2.75) is 216 Å². The van der Waals surface area contributed by atoms with Gasteiger partial charge in [-0.25, -0.2) is 0 Å². The molecule has 0 nitrogen and oxygen atoms in total. The third kappa shape index (κ3) is 84.4. The highest BCUT2D eigenvalue weighted by atomic mass is 14.0. The van der Waals surface area contributed by atoms with Crippen LogP contribution in [0.25, 0.3) is 0 Å². The molecule has 0 atom stereocenters. The van der Waals surface area contributed by atoms with Gasteiger partial charge in [-0.05, 0) is 47.3 Å². The molecular weight excluding hydrogens is 553 g/mol. The fourth-order valence-electron chi connectivity index (χ4n) is 4.10. The highest BCUT2D eigenvalue weighted by Crippen LogP contribution is 2.13. The van der Waals surface area contributed by atoms with Crippen LogP contribution in [-0.4, -0.2) is 0 Å². The summed E-state index contributed by atoms with van der Waals surface area (Å²) in [6.45, 7) is 44.8. The van der Waals surface area contributed by atoms with Crippen LogP contribution in [0.4, 0.5) is 0 Å². The topological polar surface area (TPSA) is 0 Å². The summed E-state index contributed by atoms with van der Waals surface area (Å²) in [5.41, 5.74) is 0. The fraction of sp³-hybridized carbons (Fsp3) is 0.913. The average molecular weight is 649 g/mol. The Morgan fingerprint density at radius 2 is 0.478 bits per heavy atom. The summed E-state index contributed by atoms with van der Waals surface area (Å²) in [7, 11) is 0. The van der Waals surface area contributed by atoms with E-state index in [-0.39, 0.29) is 0 Å². The maximum atomic E-state index is 3.09. The lowest BCUT2D eigenvalue weighted by Gasteiger charge is -2.05. The molecule has 0 unspecified atom stereocenters. The van der Waals surface area contributed by atoms with Crippen LogP contribution in [0.3, 0.4) is 0 Å². The minimum atomic E-state index is 0.525. The van der Waals surface area contributed by atoms with E-state index in [0.29, 0.717) is 23.7 Å². The Bertz CT molecular complexity index is 562. The monoisotopic (exact) mass is 649 g/mol. The Hall–Kier alpha value is -0.700. The lowest BCUT2D eigenvalue weighted by Crippen LogP contribution is -1.90. The van der Waals surface area contributed by atoms with Crippen molar-refractivity contribution in [2.75, 3.05) is 0 Å². The van der Waals surface area contributed by atoms with Gasteiger partial charge in [0.1, 0.15) is 0 Å². The van der Waals surface area contributed by atoms with Crippen LogP contribution in [0.5, 0.6) is 0 Å². The van der Waals surface area contributed by atoms with Gasteiger partial charge in [-0.2, -0.15) is 0 Å². The van der Waals surface area contributed by atoms with E-state index in [9.17, 15) is 0 Å². The van der Waals surface area contributed by atoms with Gasteiger partial charge in [0, 0.05) is 11.8 Å². The van der Waals surface area contributed by atoms with Crippen molar-refractivity contribution in [3.63, 3.8) is 0 Å². The van der Waals surface area contributed by atoms with Gasteiger partial charge in [0.25, 0.3) is 0 Å². The summed E-state index contributed by atoms with van der Waals surface area (Å²) < 4.78 is 0. The van der Waals surface area contributed by atoms with Gasteiger partial charge < -0.3 is 0 Å². The minimum absolute atomic E-state index is 0.525. The third-order valence-electron chi connectivity index (χ3n) is 6.98. The first-order chi connectivity index (χ1) is 21.1. The molecule has 0 radical (unpaired) electrons. The zero-order valence-electron chi connectivity index (χ0n) is 36.4. The lowest BCUT2D eigenvalue weighted by atomic mass is 10.0. The minimum Gasteiger partial charge on any atom is -0.100 e. The third-order valence-corrected chi connectivity index (χ3v) is 6.98. The second-order valence-electron chi connectivity index (χ2n) is 17.7. The molecule has 0 aliphatic rings. The molecule has 0 rings (SSSR count). The smallest absolute Gasteiger partial charge is 0.0146 e. The molecular formula is C46H96. The average Bonchev–Trinajstić information content (AvgIpc) is 2.89. The zero-order valence-corrected chi connectivity index (χ0v) is 36.4. The van der Waals surface area contributed by atoms with Crippen molar-refractivity contribution in [1.82, 2.24) is 0 Å². The number of allylic oxidation sites excluding steroid dienone is 2. The molecule has 0 spiro atoms. The number of rotatable bonds is 17. The highest BCUT2D eigenvalue weighted by molar-refractivity contribution is 5.03. The normalized spacial score (nSPS) is 11.2. The molecule has 280 valence electrons. The number of hydrogen-bond acceptors (Lipinski definition) is 0. The Morgan fingerprint density at radius 1 is 0.283 bits per heavy atom. The van der Waals surface area contributed by atoms with Crippen molar-refractivity contribution in [3.05, 3.63) is 12.2 Å². The quantitative estimate of drug-likeness (QED) is 0.0836. The standard InChI is InChI=1S/C11H24.C10H22.C9H20.C8H16.C8H14/c1-10(2)8-6-5-7-9-11(3)4;1-9(2)7-5-6-8-10(3)4;1-8(2)6-5-7-9(3)4;2*1-7(2)5-6-8(3)4/h10-11H,5-9H2,1-4H3;9-10H,5-8H2,1-4H3;8-9H,5-7H2,1-4H3;5-8H,1-4H3;7-8H,1-4H3/b;;;6-5+;. The molecule has 0 amide bonds. The summed E-state index contributed by atoms with van der Waals surface area (Å²) in [4.78, 5) is 0. The maximum Gasteiger partial charge on any atom is 0.0146 e.